The zero-order valence-electron chi connectivity index (χ0n) is 17.1. The summed E-state index contributed by atoms with van der Waals surface area (Å²) in [4.78, 5) is 15.9. The average Bonchev–Trinajstić information content (AvgIpc) is 3.29. The highest BCUT2D eigenvalue weighted by atomic mass is 35.5. The second-order valence-electron chi connectivity index (χ2n) is 8.08. The van der Waals surface area contributed by atoms with Crippen molar-refractivity contribution in [2.45, 2.75) is 38.3 Å². The minimum Gasteiger partial charge on any atom is -0.331 e. The van der Waals surface area contributed by atoms with Crippen LogP contribution in [0.15, 0.2) is 60.8 Å². The lowest BCUT2D eigenvalue weighted by atomic mass is 10.0. The molecule has 30 heavy (non-hydrogen) atoms. The first kappa shape index (κ1) is 20.6. The van der Waals surface area contributed by atoms with Gasteiger partial charge in [0.05, 0.1) is 11.3 Å². The number of nitrogens with zero attached hydrogens (tertiary/aromatic N) is 3. The molecule has 0 saturated carbocycles. The minimum absolute atomic E-state index is 0. The Kier molecular flexibility index (Phi) is 5.93. The molecule has 2 unspecified atom stereocenters. The first-order valence-electron chi connectivity index (χ1n) is 10.5. The summed E-state index contributed by atoms with van der Waals surface area (Å²) in [5, 5.41) is 8.36. The lowest BCUT2D eigenvalue weighted by Gasteiger charge is -2.27. The largest absolute Gasteiger partial charge is 0.331 e. The molecule has 2 aliphatic rings. The molecule has 5 rings (SSSR count). The molecule has 0 spiro atoms. The number of para-hydroxylation sites is 1. The molecule has 0 radical (unpaired) electrons. The topological polar surface area (TPSA) is 50.2 Å². The maximum absolute atomic E-state index is 13.8. The van der Waals surface area contributed by atoms with Crippen molar-refractivity contribution >= 4 is 18.3 Å². The number of hydrogen-bond donors (Lipinski definition) is 1. The molecule has 3 aromatic rings. The van der Waals surface area contributed by atoms with Crippen molar-refractivity contribution in [3.8, 4) is 16.9 Å². The van der Waals surface area contributed by atoms with Crippen LogP contribution in [-0.2, 0) is 0 Å². The number of rotatable bonds is 3. The fraction of sp³-hybridized carbons (Fsp3) is 0.333. The molecule has 156 valence electrons. The van der Waals surface area contributed by atoms with Gasteiger partial charge in [0.2, 0.25) is 0 Å². The molecule has 2 bridgehead atoms. The summed E-state index contributed by atoms with van der Waals surface area (Å²) >= 11 is 0. The van der Waals surface area contributed by atoms with Crippen LogP contribution >= 0.6 is 12.4 Å². The van der Waals surface area contributed by atoms with E-state index in [1.807, 2.05) is 53.3 Å². The quantitative estimate of drug-likeness (QED) is 0.687. The Balaban J connectivity index is 0.00000218. The molecule has 2 atom stereocenters. The maximum Gasteiger partial charge on any atom is 0.258 e. The van der Waals surface area contributed by atoms with Crippen molar-refractivity contribution in [2.24, 2.45) is 0 Å². The van der Waals surface area contributed by atoms with E-state index >= 15 is 0 Å². The number of fused-ring (bicyclic) bond motifs is 2. The fourth-order valence-corrected chi connectivity index (χ4v) is 4.73. The average molecular weight is 423 g/mol. The zero-order valence-corrected chi connectivity index (χ0v) is 17.9. The third-order valence-electron chi connectivity index (χ3n) is 6.25. The van der Waals surface area contributed by atoms with Crippen LogP contribution in [0.3, 0.4) is 0 Å². The molecule has 5 nitrogen and oxygen atoms in total. The lowest BCUT2D eigenvalue weighted by molar-refractivity contribution is 0.0681. The monoisotopic (exact) mass is 422 g/mol. The van der Waals surface area contributed by atoms with Crippen LogP contribution in [0.2, 0.25) is 0 Å². The van der Waals surface area contributed by atoms with Gasteiger partial charge in [0.1, 0.15) is 5.69 Å². The predicted molar refractivity (Wildman–Crippen MR) is 121 cm³/mol. The Morgan fingerprint density at radius 3 is 2.53 bits per heavy atom. The number of aryl methyl sites for hydroxylation is 1. The zero-order chi connectivity index (χ0) is 19.8. The van der Waals surface area contributed by atoms with Crippen molar-refractivity contribution in [3.05, 3.63) is 71.9 Å². The smallest absolute Gasteiger partial charge is 0.258 e. The highest BCUT2D eigenvalue weighted by Gasteiger charge is 2.39. The van der Waals surface area contributed by atoms with E-state index in [1.54, 1.807) is 0 Å². The first-order chi connectivity index (χ1) is 14.2. The molecule has 3 heterocycles. The van der Waals surface area contributed by atoms with E-state index in [2.05, 4.69) is 29.3 Å². The van der Waals surface area contributed by atoms with Crippen molar-refractivity contribution in [1.82, 2.24) is 20.0 Å². The molecule has 6 heteroatoms. The van der Waals surface area contributed by atoms with Crippen LogP contribution in [-0.4, -0.2) is 45.8 Å². The van der Waals surface area contributed by atoms with Crippen molar-refractivity contribution in [3.63, 3.8) is 0 Å². The Morgan fingerprint density at radius 2 is 1.73 bits per heavy atom. The number of amides is 1. The fourth-order valence-electron chi connectivity index (χ4n) is 4.73. The highest BCUT2D eigenvalue weighted by Crippen LogP contribution is 2.33. The highest BCUT2D eigenvalue weighted by molar-refractivity contribution is 6.00. The van der Waals surface area contributed by atoms with Gasteiger partial charge in [0.15, 0.2) is 0 Å². The van der Waals surface area contributed by atoms with Gasteiger partial charge in [-0.3, -0.25) is 4.79 Å². The van der Waals surface area contributed by atoms with Gasteiger partial charge in [0, 0.05) is 30.4 Å². The van der Waals surface area contributed by atoms with Crippen LogP contribution in [0.5, 0.6) is 0 Å². The van der Waals surface area contributed by atoms with Gasteiger partial charge in [-0.25, -0.2) is 4.68 Å². The van der Waals surface area contributed by atoms with Gasteiger partial charge in [0.25, 0.3) is 5.91 Å². The minimum atomic E-state index is 0. The summed E-state index contributed by atoms with van der Waals surface area (Å²) in [6, 6.07) is 18.8. The molecule has 1 aromatic heterocycles. The molecular formula is C24H27ClN4O. The van der Waals surface area contributed by atoms with Crippen molar-refractivity contribution in [2.75, 3.05) is 13.1 Å². The summed E-state index contributed by atoms with van der Waals surface area (Å²) in [6.07, 6.45) is 5.12. The van der Waals surface area contributed by atoms with Crippen LogP contribution in [0, 0.1) is 6.92 Å². The molecule has 1 N–H and O–H groups in total. The molecule has 2 saturated heterocycles. The number of nitrogens with one attached hydrogen (secondary N) is 1. The van der Waals surface area contributed by atoms with Crippen LogP contribution in [0.4, 0.5) is 0 Å². The van der Waals surface area contributed by atoms with E-state index in [4.69, 9.17) is 5.10 Å². The third kappa shape index (κ3) is 3.64. The van der Waals surface area contributed by atoms with E-state index in [0.29, 0.717) is 11.6 Å². The van der Waals surface area contributed by atoms with Gasteiger partial charge < -0.3 is 10.2 Å². The van der Waals surface area contributed by atoms with E-state index < -0.39 is 0 Å². The van der Waals surface area contributed by atoms with Crippen LogP contribution in [0.1, 0.15) is 35.2 Å². The van der Waals surface area contributed by atoms with Gasteiger partial charge in [-0.2, -0.15) is 5.10 Å². The summed E-state index contributed by atoms with van der Waals surface area (Å²) in [7, 11) is 0. The summed E-state index contributed by atoms with van der Waals surface area (Å²) in [6.45, 7) is 3.94. The van der Waals surface area contributed by atoms with Gasteiger partial charge in [-0.15, -0.1) is 12.4 Å². The number of carbonyl (C=O) groups is 1. The van der Waals surface area contributed by atoms with Crippen LogP contribution in [0.25, 0.3) is 16.9 Å². The number of halogens is 1. The lowest BCUT2D eigenvalue weighted by Crippen LogP contribution is -2.42. The molecule has 1 amide bonds. The number of hydrogen-bond acceptors (Lipinski definition) is 3. The standard InChI is InChI=1S/C24H26N4O.ClH/c1-17-7-5-6-10-21(17)23-22(16-27(26-23)18-8-3-2-4-9-18)24(29)28-19-11-12-20(28)15-25-14-13-19;/h2-10,16,19-20,25H,11-15H2,1H3;1H. The number of benzene rings is 2. The maximum atomic E-state index is 13.8. The molecule has 0 aliphatic carbocycles. The Labute approximate surface area is 183 Å². The number of aromatic nitrogens is 2. The first-order valence-corrected chi connectivity index (χ1v) is 10.5. The summed E-state index contributed by atoms with van der Waals surface area (Å²) in [5.41, 5.74) is 4.57. The Hall–Kier alpha value is -2.63. The van der Waals surface area contributed by atoms with Gasteiger partial charge in [-0.05, 0) is 50.4 Å². The SMILES string of the molecule is Cc1ccccc1-c1nn(-c2ccccc2)cc1C(=O)N1C2CCNCC1CC2.Cl. The molecule has 2 aromatic carbocycles. The van der Waals surface area contributed by atoms with E-state index in [0.717, 1.165) is 54.9 Å². The van der Waals surface area contributed by atoms with Gasteiger partial charge >= 0.3 is 0 Å². The van der Waals surface area contributed by atoms with Gasteiger partial charge in [-0.1, -0.05) is 42.5 Å². The summed E-state index contributed by atoms with van der Waals surface area (Å²) < 4.78 is 1.84. The second kappa shape index (κ2) is 8.62. The Bertz CT molecular complexity index is 1020. The molecular weight excluding hydrogens is 396 g/mol. The molecule has 2 aliphatic heterocycles. The predicted octanol–water partition coefficient (Wildman–Crippen LogP) is 4.24. The Morgan fingerprint density at radius 1 is 1.00 bits per heavy atom. The number of carbonyl (C=O) groups excluding carboxylic acids is 1. The second-order valence-corrected chi connectivity index (χ2v) is 8.08. The normalized spacial score (nSPS) is 20.5. The van der Waals surface area contributed by atoms with Crippen molar-refractivity contribution in [1.29, 1.82) is 0 Å². The van der Waals surface area contributed by atoms with E-state index in [1.165, 1.54) is 0 Å². The van der Waals surface area contributed by atoms with E-state index in [9.17, 15) is 4.79 Å². The van der Waals surface area contributed by atoms with Crippen molar-refractivity contribution < 1.29 is 4.79 Å². The third-order valence-corrected chi connectivity index (χ3v) is 6.25. The summed E-state index contributed by atoms with van der Waals surface area (Å²) in [5.74, 6) is 0.113. The van der Waals surface area contributed by atoms with Crippen LogP contribution < -0.4 is 5.32 Å². The van der Waals surface area contributed by atoms with E-state index in [-0.39, 0.29) is 24.4 Å². The molecule has 2 fully saturated rings.